The first-order valence-corrected chi connectivity index (χ1v) is 9.29. The summed E-state index contributed by atoms with van der Waals surface area (Å²) in [7, 11) is 0. The van der Waals surface area contributed by atoms with Crippen molar-refractivity contribution in [3.05, 3.63) is 58.6 Å². The van der Waals surface area contributed by atoms with Crippen LogP contribution in [0.4, 0.5) is 8.78 Å². The van der Waals surface area contributed by atoms with Gasteiger partial charge in [0.15, 0.2) is 0 Å². The molecule has 0 saturated heterocycles. The van der Waals surface area contributed by atoms with E-state index in [1.165, 1.54) is 6.08 Å². The molecule has 3 rings (SSSR count). The van der Waals surface area contributed by atoms with Crippen LogP contribution in [0.5, 0.6) is 0 Å². The first-order chi connectivity index (χ1) is 13.3. The van der Waals surface area contributed by atoms with Gasteiger partial charge in [-0.15, -0.1) is 0 Å². The van der Waals surface area contributed by atoms with Crippen molar-refractivity contribution < 1.29 is 28.8 Å². The molecule has 5 nitrogen and oxygen atoms in total. The number of ether oxygens (including phenoxy) is 1. The van der Waals surface area contributed by atoms with E-state index in [0.717, 1.165) is 16.3 Å². The molecule has 0 bridgehead atoms. The second-order valence-electron chi connectivity index (χ2n) is 6.79. The van der Waals surface area contributed by atoms with Crippen molar-refractivity contribution in [2.24, 2.45) is 0 Å². The highest BCUT2D eigenvalue weighted by atomic mass is 35.5. The summed E-state index contributed by atoms with van der Waals surface area (Å²) in [5, 5.41) is 35.9. The topological polar surface area (TPSA) is 82.0 Å². The van der Waals surface area contributed by atoms with Crippen LogP contribution in [-0.2, 0) is 11.2 Å². The van der Waals surface area contributed by atoms with E-state index in [9.17, 15) is 24.1 Å². The summed E-state index contributed by atoms with van der Waals surface area (Å²) in [6, 6.07) is 11.0. The van der Waals surface area contributed by atoms with Crippen LogP contribution in [0.3, 0.4) is 0 Å². The number of hydrogen-bond donors (Lipinski definition) is 4. The van der Waals surface area contributed by atoms with Crippen LogP contribution >= 0.6 is 11.6 Å². The first-order valence-electron chi connectivity index (χ1n) is 8.91. The Bertz CT molecular complexity index is 848. The van der Waals surface area contributed by atoms with Gasteiger partial charge in [-0.05, 0) is 47.0 Å². The summed E-state index contributed by atoms with van der Waals surface area (Å²) in [4.78, 5) is 0. The molecule has 0 saturated carbocycles. The van der Waals surface area contributed by atoms with Crippen molar-refractivity contribution in [1.82, 2.24) is 5.32 Å². The molecule has 1 aliphatic carbocycles. The molecule has 0 aromatic heterocycles. The third-order valence-corrected chi connectivity index (χ3v) is 5.09. The molecular weight excluding hydrogens is 392 g/mol. The first kappa shape index (κ1) is 21.1. The lowest BCUT2D eigenvalue weighted by Gasteiger charge is -2.35. The fourth-order valence-corrected chi connectivity index (χ4v) is 3.50. The van der Waals surface area contributed by atoms with Gasteiger partial charge in [-0.2, -0.15) is 8.78 Å². The van der Waals surface area contributed by atoms with Crippen molar-refractivity contribution in [2.75, 3.05) is 13.2 Å². The van der Waals surface area contributed by atoms with E-state index in [4.69, 9.17) is 11.6 Å². The Morgan fingerprint density at radius 1 is 1.04 bits per heavy atom. The summed E-state index contributed by atoms with van der Waals surface area (Å²) < 4.78 is 28.7. The van der Waals surface area contributed by atoms with Gasteiger partial charge < -0.3 is 25.4 Å². The van der Waals surface area contributed by atoms with Crippen LogP contribution in [0.1, 0.15) is 5.56 Å². The van der Waals surface area contributed by atoms with E-state index in [1.807, 2.05) is 36.4 Å². The third kappa shape index (κ3) is 5.05. The van der Waals surface area contributed by atoms with E-state index in [-0.39, 0.29) is 5.57 Å². The molecule has 0 heterocycles. The molecule has 4 N–H and O–H groups in total. The maximum atomic E-state index is 12.2. The van der Waals surface area contributed by atoms with Crippen molar-refractivity contribution in [1.29, 1.82) is 0 Å². The van der Waals surface area contributed by atoms with E-state index >= 15 is 0 Å². The number of fused-ring (bicyclic) bond motifs is 1. The van der Waals surface area contributed by atoms with Crippen molar-refractivity contribution in [3.8, 4) is 0 Å². The summed E-state index contributed by atoms with van der Waals surface area (Å²) in [5.41, 5.74) is 1.18. The zero-order valence-corrected chi connectivity index (χ0v) is 15.7. The molecule has 0 amide bonds. The molecule has 0 spiro atoms. The fourth-order valence-electron chi connectivity index (χ4n) is 3.32. The van der Waals surface area contributed by atoms with Gasteiger partial charge in [0.1, 0.15) is 18.3 Å². The average molecular weight is 414 g/mol. The molecule has 2 aromatic carbocycles. The van der Waals surface area contributed by atoms with Gasteiger partial charge in [0.25, 0.3) is 0 Å². The van der Waals surface area contributed by atoms with Crippen LogP contribution in [-0.4, -0.2) is 59.4 Å². The number of halogens is 3. The van der Waals surface area contributed by atoms with Crippen LogP contribution in [0.2, 0.25) is 5.02 Å². The maximum Gasteiger partial charge on any atom is 0.345 e. The Morgan fingerprint density at radius 2 is 1.75 bits per heavy atom. The number of aliphatic hydroxyl groups excluding tert-OH is 3. The molecule has 0 aliphatic heterocycles. The van der Waals surface area contributed by atoms with Crippen LogP contribution < -0.4 is 5.32 Å². The standard InChI is InChI=1S/C20H22ClF2NO4/c21-15-4-3-12-7-11(1-2-13(12)8-15)5-6-24-16-9-14(10-28-20(22)23)17(25)19(27)18(16)26/h1-4,7-9,16-20,24-27H,5-6,10H2/t16-,17+,18+,19+/m1/s1. The quantitative estimate of drug-likeness (QED) is 0.523. The molecule has 2 aromatic rings. The minimum atomic E-state index is -2.98. The van der Waals surface area contributed by atoms with Crippen molar-refractivity contribution in [2.45, 2.75) is 37.4 Å². The Morgan fingerprint density at radius 3 is 2.50 bits per heavy atom. The summed E-state index contributed by atoms with van der Waals surface area (Å²) in [6.45, 7) is -3.02. The molecule has 0 fully saturated rings. The average Bonchev–Trinajstić information content (AvgIpc) is 2.67. The summed E-state index contributed by atoms with van der Waals surface area (Å²) in [6.07, 6.45) is -2.10. The molecule has 0 unspecified atom stereocenters. The zero-order valence-electron chi connectivity index (χ0n) is 14.9. The third-order valence-electron chi connectivity index (χ3n) is 4.85. The molecule has 28 heavy (non-hydrogen) atoms. The highest BCUT2D eigenvalue weighted by molar-refractivity contribution is 6.31. The van der Waals surface area contributed by atoms with Gasteiger partial charge in [0.05, 0.1) is 12.6 Å². The Hall–Kier alpha value is -1.61. The predicted molar refractivity (Wildman–Crippen MR) is 103 cm³/mol. The monoisotopic (exact) mass is 413 g/mol. The lowest BCUT2D eigenvalue weighted by Crippen LogP contribution is -2.54. The summed E-state index contributed by atoms with van der Waals surface area (Å²) >= 11 is 5.99. The molecule has 1 aliphatic rings. The van der Waals surface area contributed by atoms with Crippen LogP contribution in [0.15, 0.2) is 48.0 Å². The Labute approximate surface area is 166 Å². The molecule has 152 valence electrons. The zero-order chi connectivity index (χ0) is 20.3. The van der Waals surface area contributed by atoms with Crippen molar-refractivity contribution in [3.63, 3.8) is 0 Å². The number of nitrogens with one attached hydrogen (secondary N) is 1. The van der Waals surface area contributed by atoms with E-state index in [1.54, 1.807) is 0 Å². The molecule has 4 atom stereocenters. The van der Waals surface area contributed by atoms with E-state index < -0.39 is 37.6 Å². The second-order valence-corrected chi connectivity index (χ2v) is 7.23. The normalized spacial score (nSPS) is 25.3. The maximum absolute atomic E-state index is 12.2. The van der Waals surface area contributed by atoms with Crippen LogP contribution in [0.25, 0.3) is 10.8 Å². The Kier molecular flexibility index (Phi) is 6.98. The highest BCUT2D eigenvalue weighted by Gasteiger charge is 2.37. The highest BCUT2D eigenvalue weighted by Crippen LogP contribution is 2.23. The molecule has 8 heteroatoms. The van der Waals surface area contributed by atoms with E-state index in [0.29, 0.717) is 18.0 Å². The largest absolute Gasteiger partial charge is 0.388 e. The molecular formula is C20H22ClF2NO4. The van der Waals surface area contributed by atoms with Gasteiger partial charge in [-0.3, -0.25) is 0 Å². The minimum Gasteiger partial charge on any atom is -0.388 e. The number of benzene rings is 2. The molecule has 0 radical (unpaired) electrons. The second kappa shape index (κ2) is 9.26. The van der Waals surface area contributed by atoms with Gasteiger partial charge in [-0.1, -0.05) is 41.9 Å². The SMILES string of the molecule is O[C@@H]1[C@@H](O)[C@@H](O)C(COC(F)F)=C[C@H]1NCCc1ccc2cc(Cl)ccc2c1. The van der Waals surface area contributed by atoms with E-state index in [2.05, 4.69) is 10.1 Å². The number of alkyl halides is 2. The van der Waals surface area contributed by atoms with Gasteiger partial charge in [0.2, 0.25) is 0 Å². The smallest absolute Gasteiger partial charge is 0.345 e. The van der Waals surface area contributed by atoms with Gasteiger partial charge in [0, 0.05) is 5.02 Å². The lowest BCUT2D eigenvalue weighted by atomic mass is 9.88. The van der Waals surface area contributed by atoms with Crippen LogP contribution in [0, 0.1) is 0 Å². The Balaban J connectivity index is 1.63. The minimum absolute atomic E-state index is 0.109. The number of rotatable bonds is 7. The van der Waals surface area contributed by atoms with Gasteiger partial charge >= 0.3 is 6.61 Å². The number of aliphatic hydroxyl groups is 3. The van der Waals surface area contributed by atoms with Crippen molar-refractivity contribution >= 4 is 22.4 Å². The summed E-state index contributed by atoms with van der Waals surface area (Å²) in [5.74, 6) is 0. The predicted octanol–water partition coefficient (Wildman–Crippen LogP) is 2.26. The number of hydrogen-bond acceptors (Lipinski definition) is 5. The van der Waals surface area contributed by atoms with Gasteiger partial charge in [-0.25, -0.2) is 0 Å². The fraction of sp³-hybridized carbons (Fsp3) is 0.400. The lowest BCUT2D eigenvalue weighted by molar-refractivity contribution is -0.129.